The Labute approximate surface area is 116 Å². The minimum atomic E-state index is 0.217. The Bertz CT molecular complexity index is 418. The van der Waals surface area contributed by atoms with Crippen molar-refractivity contribution in [1.29, 1.82) is 0 Å². The van der Waals surface area contributed by atoms with Gasteiger partial charge in [-0.15, -0.1) is 17.8 Å². The fraction of sp³-hybridized carbons (Fsp3) is 0.571. The first-order valence-corrected chi connectivity index (χ1v) is 7.85. The van der Waals surface area contributed by atoms with Gasteiger partial charge in [0.15, 0.2) is 0 Å². The summed E-state index contributed by atoms with van der Waals surface area (Å²) in [5.74, 6) is 2.87. The van der Waals surface area contributed by atoms with Crippen molar-refractivity contribution >= 4 is 27.3 Å². The molecule has 2 unspecified atom stereocenters. The van der Waals surface area contributed by atoms with Gasteiger partial charge in [0.25, 0.3) is 0 Å². The van der Waals surface area contributed by atoms with E-state index >= 15 is 0 Å². The topological polar surface area (TPSA) is 12.0 Å². The van der Waals surface area contributed by atoms with E-state index in [1.807, 2.05) is 11.3 Å². The predicted octanol–water partition coefficient (Wildman–Crippen LogP) is 4.28. The molecule has 0 amide bonds. The van der Waals surface area contributed by atoms with Crippen LogP contribution in [0, 0.1) is 12.3 Å². The molecule has 0 bridgehead atoms. The zero-order chi connectivity index (χ0) is 12.3. The second-order valence-corrected chi connectivity index (χ2v) is 7.06. The predicted molar refractivity (Wildman–Crippen MR) is 78.4 cm³/mol. The molecule has 1 N–H and O–H groups in total. The first-order valence-electron chi connectivity index (χ1n) is 6.25. The lowest BCUT2D eigenvalue weighted by atomic mass is 9.93. The Balaban J connectivity index is 2.10. The van der Waals surface area contributed by atoms with E-state index in [0.29, 0.717) is 6.04 Å². The van der Waals surface area contributed by atoms with Crippen molar-refractivity contribution in [1.82, 2.24) is 5.32 Å². The largest absolute Gasteiger partial charge is 0.297 e. The molecule has 1 aromatic rings. The Morgan fingerprint density at radius 3 is 3.24 bits per heavy atom. The molecular weight excluding hydrogens is 294 g/mol. The SMILES string of the molecule is C#CC(CCC)NC1CCCc2sc(Br)cc21. The molecule has 0 radical (unpaired) electrons. The summed E-state index contributed by atoms with van der Waals surface area (Å²) in [6, 6.07) is 2.93. The molecule has 1 nitrogen and oxygen atoms in total. The molecule has 17 heavy (non-hydrogen) atoms. The summed E-state index contributed by atoms with van der Waals surface area (Å²) in [7, 11) is 0. The maximum absolute atomic E-state index is 5.58. The lowest BCUT2D eigenvalue weighted by Crippen LogP contribution is -2.33. The van der Waals surface area contributed by atoms with Crippen LogP contribution in [-0.4, -0.2) is 6.04 Å². The highest BCUT2D eigenvalue weighted by molar-refractivity contribution is 9.11. The first-order chi connectivity index (χ1) is 8.24. The highest BCUT2D eigenvalue weighted by Crippen LogP contribution is 2.38. The highest BCUT2D eigenvalue weighted by Gasteiger charge is 2.23. The fourth-order valence-electron chi connectivity index (χ4n) is 2.44. The van der Waals surface area contributed by atoms with E-state index < -0.39 is 0 Å². The summed E-state index contributed by atoms with van der Waals surface area (Å²) in [5.41, 5.74) is 1.46. The van der Waals surface area contributed by atoms with Crippen molar-refractivity contribution in [2.24, 2.45) is 0 Å². The highest BCUT2D eigenvalue weighted by atomic mass is 79.9. The molecule has 0 saturated heterocycles. The molecule has 1 heterocycles. The number of rotatable bonds is 4. The molecule has 1 aliphatic carbocycles. The van der Waals surface area contributed by atoms with Crippen molar-refractivity contribution in [3.63, 3.8) is 0 Å². The van der Waals surface area contributed by atoms with Crippen LogP contribution in [0.4, 0.5) is 0 Å². The van der Waals surface area contributed by atoms with Gasteiger partial charge in [0.2, 0.25) is 0 Å². The number of fused-ring (bicyclic) bond motifs is 1. The number of aryl methyl sites for hydroxylation is 1. The number of halogens is 1. The number of terminal acetylenes is 1. The Morgan fingerprint density at radius 1 is 1.71 bits per heavy atom. The van der Waals surface area contributed by atoms with E-state index in [0.717, 1.165) is 12.8 Å². The van der Waals surface area contributed by atoms with E-state index in [-0.39, 0.29) is 6.04 Å². The van der Waals surface area contributed by atoms with Crippen LogP contribution in [0.25, 0.3) is 0 Å². The molecule has 1 aliphatic rings. The van der Waals surface area contributed by atoms with Gasteiger partial charge in [0, 0.05) is 10.9 Å². The van der Waals surface area contributed by atoms with Gasteiger partial charge >= 0.3 is 0 Å². The van der Waals surface area contributed by atoms with Gasteiger partial charge in [-0.05, 0) is 53.2 Å². The lowest BCUT2D eigenvalue weighted by Gasteiger charge is -2.26. The van der Waals surface area contributed by atoms with E-state index in [1.165, 1.54) is 33.5 Å². The zero-order valence-electron chi connectivity index (χ0n) is 10.1. The van der Waals surface area contributed by atoms with Crippen LogP contribution in [0.2, 0.25) is 0 Å². The fourth-order valence-corrected chi connectivity index (χ4v) is 4.26. The summed E-state index contributed by atoms with van der Waals surface area (Å²) in [4.78, 5) is 1.52. The molecule has 2 rings (SSSR count). The third-order valence-corrected chi connectivity index (χ3v) is 4.98. The molecule has 0 spiro atoms. The van der Waals surface area contributed by atoms with Gasteiger partial charge in [0.1, 0.15) is 0 Å². The maximum Gasteiger partial charge on any atom is 0.0704 e. The summed E-state index contributed by atoms with van der Waals surface area (Å²) in [5, 5.41) is 3.63. The van der Waals surface area contributed by atoms with Crippen LogP contribution in [0.1, 0.15) is 49.1 Å². The van der Waals surface area contributed by atoms with Crippen molar-refractivity contribution in [2.75, 3.05) is 0 Å². The van der Waals surface area contributed by atoms with Crippen LogP contribution in [-0.2, 0) is 6.42 Å². The minimum absolute atomic E-state index is 0.217. The summed E-state index contributed by atoms with van der Waals surface area (Å²) >= 11 is 5.45. The second-order valence-electron chi connectivity index (χ2n) is 4.55. The van der Waals surface area contributed by atoms with Crippen molar-refractivity contribution in [2.45, 2.75) is 51.1 Å². The van der Waals surface area contributed by atoms with Crippen molar-refractivity contribution < 1.29 is 0 Å². The van der Waals surface area contributed by atoms with E-state index in [2.05, 4.69) is 40.2 Å². The minimum Gasteiger partial charge on any atom is -0.297 e. The Morgan fingerprint density at radius 2 is 2.53 bits per heavy atom. The van der Waals surface area contributed by atoms with E-state index in [1.54, 1.807) is 0 Å². The van der Waals surface area contributed by atoms with Gasteiger partial charge in [-0.1, -0.05) is 19.3 Å². The maximum atomic E-state index is 5.58. The molecule has 0 fully saturated rings. The van der Waals surface area contributed by atoms with Crippen LogP contribution >= 0.6 is 27.3 Å². The van der Waals surface area contributed by atoms with Crippen LogP contribution in [0.3, 0.4) is 0 Å². The molecule has 0 aliphatic heterocycles. The molecule has 92 valence electrons. The van der Waals surface area contributed by atoms with Gasteiger partial charge < -0.3 is 0 Å². The molecule has 0 aromatic carbocycles. The van der Waals surface area contributed by atoms with Crippen molar-refractivity contribution in [3.05, 3.63) is 20.3 Å². The van der Waals surface area contributed by atoms with Gasteiger partial charge in [0.05, 0.1) is 9.83 Å². The smallest absolute Gasteiger partial charge is 0.0704 e. The number of hydrogen-bond acceptors (Lipinski definition) is 2. The molecule has 0 saturated carbocycles. The molecular formula is C14H18BrNS. The van der Waals surface area contributed by atoms with E-state index in [4.69, 9.17) is 6.42 Å². The molecule has 1 aromatic heterocycles. The standard InChI is InChI=1S/C14H18BrNS/c1-3-6-10(4-2)16-12-7-5-8-13-11(12)9-14(15)17-13/h2,9-10,12,16H,3,5-8H2,1H3. The normalized spacial score (nSPS) is 20.6. The van der Waals surface area contributed by atoms with E-state index in [9.17, 15) is 0 Å². The third kappa shape index (κ3) is 3.13. The molecule has 2 atom stereocenters. The van der Waals surface area contributed by atoms with Gasteiger partial charge in [-0.25, -0.2) is 0 Å². The Kier molecular flexibility index (Phi) is 4.67. The van der Waals surface area contributed by atoms with Gasteiger partial charge in [-0.2, -0.15) is 0 Å². The number of nitrogens with one attached hydrogen (secondary N) is 1. The monoisotopic (exact) mass is 311 g/mol. The quantitative estimate of drug-likeness (QED) is 0.818. The number of thiophene rings is 1. The Hall–Kier alpha value is -0.300. The summed E-state index contributed by atoms with van der Waals surface area (Å²) < 4.78 is 1.24. The van der Waals surface area contributed by atoms with Crippen LogP contribution < -0.4 is 5.32 Å². The first kappa shape index (κ1) is 13.1. The molecule has 3 heteroatoms. The summed E-state index contributed by atoms with van der Waals surface area (Å²) in [6.07, 6.45) is 11.5. The van der Waals surface area contributed by atoms with Gasteiger partial charge in [-0.3, -0.25) is 5.32 Å². The summed E-state index contributed by atoms with van der Waals surface area (Å²) in [6.45, 7) is 2.18. The number of hydrogen-bond donors (Lipinski definition) is 1. The van der Waals surface area contributed by atoms with Crippen LogP contribution in [0.15, 0.2) is 9.85 Å². The third-order valence-electron chi connectivity index (χ3n) is 3.26. The van der Waals surface area contributed by atoms with Crippen LogP contribution in [0.5, 0.6) is 0 Å². The average Bonchev–Trinajstić information content (AvgIpc) is 2.70. The average molecular weight is 312 g/mol. The lowest BCUT2D eigenvalue weighted by molar-refractivity contribution is 0.423. The second kappa shape index (κ2) is 6.04. The van der Waals surface area contributed by atoms with Crippen molar-refractivity contribution in [3.8, 4) is 12.3 Å². The zero-order valence-corrected chi connectivity index (χ0v) is 12.5.